The fraction of sp³-hybridized carbons (Fsp3) is 0.783. The molecule has 5 heteroatoms. The van der Waals surface area contributed by atoms with E-state index in [1.807, 2.05) is 0 Å². The normalized spacial score (nSPS) is 39.1. The van der Waals surface area contributed by atoms with Gasteiger partial charge in [0.2, 0.25) is 0 Å². The third-order valence-corrected chi connectivity index (χ3v) is 8.19. The molecule has 5 atom stereocenters. The van der Waals surface area contributed by atoms with Crippen molar-refractivity contribution in [3.05, 3.63) is 23.8 Å². The maximum absolute atomic E-state index is 15.3. The maximum atomic E-state index is 15.3. The minimum atomic E-state index is -2.94. The van der Waals surface area contributed by atoms with Crippen LogP contribution in [0.4, 0.5) is 8.78 Å². The highest BCUT2D eigenvalue weighted by molar-refractivity contribution is 5.88. The Morgan fingerprint density at radius 1 is 1.36 bits per heavy atom. The fourth-order valence-corrected chi connectivity index (χ4v) is 6.29. The van der Waals surface area contributed by atoms with Gasteiger partial charge in [0.05, 0.1) is 6.04 Å². The van der Waals surface area contributed by atoms with Gasteiger partial charge in [-0.15, -0.1) is 0 Å². The molecule has 0 aromatic rings. The van der Waals surface area contributed by atoms with Crippen LogP contribution in [-0.4, -0.2) is 36.9 Å². The number of nitrogens with zero attached hydrogens (tertiary/aromatic N) is 1. The highest BCUT2D eigenvalue weighted by Crippen LogP contribution is 2.70. The number of allylic oxidation sites excluding steroid dienone is 3. The maximum Gasteiger partial charge on any atom is 0.290 e. The molecule has 1 spiro atoms. The average molecular weight is 392 g/mol. The first-order valence-electron chi connectivity index (χ1n) is 11.0. The largest absolute Gasteiger partial charge is 0.370 e. The van der Waals surface area contributed by atoms with E-state index in [9.17, 15) is 0 Å². The van der Waals surface area contributed by atoms with Crippen LogP contribution in [-0.2, 0) is 0 Å². The number of amidine groups is 1. The molecule has 0 aromatic carbocycles. The fourth-order valence-electron chi connectivity index (χ4n) is 6.29. The summed E-state index contributed by atoms with van der Waals surface area (Å²) in [4.78, 5) is 4.93. The number of hydrogen-bond donors (Lipinski definition) is 2. The first-order valence-corrected chi connectivity index (χ1v) is 11.0. The zero-order valence-corrected chi connectivity index (χ0v) is 17.7. The van der Waals surface area contributed by atoms with Crippen LogP contribution in [0.25, 0.3) is 0 Å². The number of rotatable bonds is 6. The van der Waals surface area contributed by atoms with Crippen molar-refractivity contribution in [2.24, 2.45) is 27.7 Å². The summed E-state index contributed by atoms with van der Waals surface area (Å²) in [5.41, 5.74) is 0.331. The van der Waals surface area contributed by atoms with E-state index in [4.69, 9.17) is 4.99 Å². The monoisotopic (exact) mass is 391 g/mol. The smallest absolute Gasteiger partial charge is 0.290 e. The van der Waals surface area contributed by atoms with Gasteiger partial charge >= 0.3 is 0 Å². The Labute approximate surface area is 168 Å². The highest BCUT2D eigenvalue weighted by atomic mass is 19.3. The van der Waals surface area contributed by atoms with E-state index >= 15 is 8.78 Å². The number of nitrogens with one attached hydrogen (secondary N) is 2. The van der Waals surface area contributed by atoms with E-state index in [-0.39, 0.29) is 29.0 Å². The van der Waals surface area contributed by atoms with Crippen LogP contribution < -0.4 is 10.6 Å². The third-order valence-electron chi connectivity index (χ3n) is 8.19. The van der Waals surface area contributed by atoms with Gasteiger partial charge in [-0.1, -0.05) is 26.5 Å². The Balaban J connectivity index is 1.58. The second-order valence-electron chi connectivity index (χ2n) is 9.56. The zero-order valence-electron chi connectivity index (χ0n) is 17.7. The van der Waals surface area contributed by atoms with Gasteiger partial charge in [0.1, 0.15) is 5.84 Å². The van der Waals surface area contributed by atoms with E-state index in [1.54, 1.807) is 19.9 Å². The number of halogens is 2. The highest BCUT2D eigenvalue weighted by Gasteiger charge is 2.70. The van der Waals surface area contributed by atoms with Gasteiger partial charge in [0.25, 0.3) is 5.92 Å². The van der Waals surface area contributed by atoms with Gasteiger partial charge < -0.3 is 10.6 Å². The van der Waals surface area contributed by atoms with E-state index in [0.717, 1.165) is 25.2 Å². The molecule has 4 rings (SSSR count). The minimum absolute atomic E-state index is 0.0181. The Morgan fingerprint density at radius 3 is 2.61 bits per heavy atom. The molecule has 0 radical (unpaired) electrons. The van der Waals surface area contributed by atoms with Gasteiger partial charge in [-0.2, -0.15) is 8.78 Å². The molecule has 1 saturated heterocycles. The van der Waals surface area contributed by atoms with Crippen LogP contribution in [0, 0.1) is 22.7 Å². The summed E-state index contributed by atoms with van der Waals surface area (Å²) in [6.07, 6.45) is 6.48. The molecule has 0 aromatic heterocycles. The molecule has 2 saturated carbocycles. The predicted molar refractivity (Wildman–Crippen MR) is 111 cm³/mol. The summed E-state index contributed by atoms with van der Waals surface area (Å²) in [6.45, 7) is 13.1. The predicted octanol–water partition coefficient (Wildman–Crippen LogP) is 4.71. The molecule has 2 aliphatic carbocycles. The first kappa shape index (κ1) is 20.1. The number of alkyl halides is 2. The van der Waals surface area contributed by atoms with Crippen LogP contribution in [0.3, 0.4) is 0 Å². The Kier molecular flexibility index (Phi) is 4.76. The van der Waals surface area contributed by atoms with E-state index in [0.29, 0.717) is 24.4 Å². The quantitative estimate of drug-likeness (QED) is 0.644. The van der Waals surface area contributed by atoms with Crippen molar-refractivity contribution in [1.29, 1.82) is 0 Å². The van der Waals surface area contributed by atoms with Crippen LogP contribution >= 0.6 is 0 Å². The molecule has 0 bridgehead atoms. The summed E-state index contributed by atoms with van der Waals surface area (Å²) in [6, 6.07) is 0.449. The van der Waals surface area contributed by atoms with Gasteiger partial charge in [-0.3, -0.25) is 4.99 Å². The summed E-state index contributed by atoms with van der Waals surface area (Å²) in [5, 5.41) is 7.27. The lowest BCUT2D eigenvalue weighted by Crippen LogP contribution is -2.46. The molecule has 4 aliphatic rings. The van der Waals surface area contributed by atoms with E-state index < -0.39 is 11.3 Å². The zero-order chi connectivity index (χ0) is 20.3. The molecule has 2 N–H and O–H groups in total. The van der Waals surface area contributed by atoms with Gasteiger partial charge in [0, 0.05) is 30.1 Å². The molecule has 2 unspecified atom stereocenters. The lowest BCUT2D eigenvalue weighted by Gasteiger charge is -2.32. The second kappa shape index (κ2) is 6.65. The van der Waals surface area contributed by atoms with Crippen LogP contribution in [0.1, 0.15) is 59.8 Å². The van der Waals surface area contributed by atoms with E-state index in [2.05, 4.69) is 31.1 Å². The summed E-state index contributed by atoms with van der Waals surface area (Å²) >= 11 is 0. The Bertz CT molecular complexity index is 721. The van der Waals surface area contributed by atoms with Crippen molar-refractivity contribution in [3.8, 4) is 0 Å². The van der Waals surface area contributed by atoms with Crippen LogP contribution in [0.15, 0.2) is 28.8 Å². The Hall–Kier alpha value is -1.23. The lowest BCUT2D eigenvalue weighted by molar-refractivity contribution is 0.0608. The molecule has 2 aliphatic heterocycles. The Morgan fingerprint density at radius 2 is 2.07 bits per heavy atom. The van der Waals surface area contributed by atoms with Crippen molar-refractivity contribution in [2.45, 2.75) is 77.8 Å². The summed E-state index contributed by atoms with van der Waals surface area (Å²) in [5.74, 6) is -1.52. The van der Waals surface area contributed by atoms with Crippen LogP contribution in [0.5, 0.6) is 0 Å². The molecule has 156 valence electrons. The standard InChI is InChI=1S/C23H35F2N3/c1-6-14(4)23(24,25)18(7-2)22(8-3)16-12-26-20(28-15(5)19(16)22)17-11-21(9-10-21)13-27-17/h7,15-17,19,27H,4,6,8-13H2,1-3,5H3,(H,26,28)/t15-,16-,17+,19?,22?/m1/s1. The van der Waals surface area contributed by atoms with E-state index in [1.165, 1.54) is 12.8 Å². The average Bonchev–Trinajstić information content (AvgIpc) is 3.52. The lowest BCUT2D eigenvalue weighted by atomic mass is 9.80. The number of hydrogen-bond acceptors (Lipinski definition) is 3. The molecular weight excluding hydrogens is 356 g/mol. The molecule has 3 nitrogen and oxygen atoms in total. The summed E-state index contributed by atoms with van der Waals surface area (Å²) < 4.78 is 30.5. The molecule has 2 heterocycles. The van der Waals surface area contributed by atoms with Crippen molar-refractivity contribution >= 4 is 5.84 Å². The van der Waals surface area contributed by atoms with Crippen molar-refractivity contribution in [3.63, 3.8) is 0 Å². The van der Waals surface area contributed by atoms with Crippen molar-refractivity contribution in [1.82, 2.24) is 10.6 Å². The van der Waals surface area contributed by atoms with Crippen molar-refractivity contribution in [2.75, 3.05) is 13.1 Å². The number of aliphatic imine (C=N–C) groups is 1. The van der Waals surface area contributed by atoms with Gasteiger partial charge in [0.15, 0.2) is 0 Å². The SMILES string of the molecule is C=C(CC)C(F)(F)C(=CC)C1(CC)C2[C@H]1CN=C([C@@H]1CC3(CC3)CN1)N[C@@H]2C. The molecular formula is C23H35F2N3. The topological polar surface area (TPSA) is 36.4 Å². The summed E-state index contributed by atoms with van der Waals surface area (Å²) in [7, 11) is 0. The minimum Gasteiger partial charge on any atom is -0.370 e. The third kappa shape index (κ3) is 2.79. The second-order valence-corrected chi connectivity index (χ2v) is 9.56. The van der Waals surface area contributed by atoms with Gasteiger partial charge in [-0.05, 0) is 68.8 Å². The van der Waals surface area contributed by atoms with Gasteiger partial charge in [-0.25, -0.2) is 0 Å². The first-order chi connectivity index (χ1) is 13.3. The molecule has 3 fully saturated rings. The van der Waals surface area contributed by atoms with Crippen LogP contribution in [0.2, 0.25) is 0 Å². The molecule has 0 amide bonds. The number of fused-ring (bicyclic) bond motifs is 1. The van der Waals surface area contributed by atoms with Crippen molar-refractivity contribution < 1.29 is 8.78 Å². The molecule has 28 heavy (non-hydrogen) atoms.